The summed E-state index contributed by atoms with van der Waals surface area (Å²) >= 11 is 3.55. The fourth-order valence-electron chi connectivity index (χ4n) is 2.39. The van der Waals surface area contributed by atoms with E-state index in [0.29, 0.717) is 13.0 Å². The van der Waals surface area contributed by atoms with E-state index in [0.717, 1.165) is 37.1 Å². The van der Waals surface area contributed by atoms with Gasteiger partial charge < -0.3 is 15.5 Å². The third-order valence-electron chi connectivity index (χ3n) is 3.44. The van der Waals surface area contributed by atoms with E-state index < -0.39 is 0 Å². The van der Waals surface area contributed by atoms with E-state index >= 15 is 0 Å². The number of benzene rings is 1. The zero-order valence-corrected chi connectivity index (χ0v) is 13.5. The molecule has 1 aromatic carbocycles. The number of amides is 1. The van der Waals surface area contributed by atoms with E-state index in [2.05, 4.69) is 56.6 Å². The molecule has 1 saturated heterocycles. The van der Waals surface area contributed by atoms with Crippen molar-refractivity contribution >= 4 is 27.5 Å². The quantitative estimate of drug-likeness (QED) is 0.809. The molecule has 1 fully saturated rings. The van der Waals surface area contributed by atoms with Crippen LogP contribution in [0.1, 0.15) is 25.3 Å². The smallest absolute Gasteiger partial charge is 0.221 e. The van der Waals surface area contributed by atoms with Crippen molar-refractivity contribution in [2.45, 2.75) is 26.3 Å². The predicted octanol–water partition coefficient (Wildman–Crippen LogP) is 2.28. The van der Waals surface area contributed by atoms with E-state index in [9.17, 15) is 4.79 Å². The molecular formula is C15H22BrN3O. The molecule has 20 heavy (non-hydrogen) atoms. The van der Waals surface area contributed by atoms with Crippen molar-refractivity contribution in [2.24, 2.45) is 0 Å². The lowest BCUT2D eigenvalue weighted by atomic mass is 10.1. The van der Waals surface area contributed by atoms with Gasteiger partial charge in [0, 0.05) is 42.8 Å². The van der Waals surface area contributed by atoms with Gasteiger partial charge in [-0.05, 0) is 30.7 Å². The summed E-state index contributed by atoms with van der Waals surface area (Å²) in [5, 5.41) is 6.37. The average Bonchev–Trinajstić information content (AvgIpc) is 2.65. The lowest BCUT2D eigenvalue weighted by molar-refractivity contribution is -0.120. The van der Waals surface area contributed by atoms with Crippen molar-refractivity contribution in [3.8, 4) is 0 Å². The highest BCUT2D eigenvalue weighted by Gasteiger charge is 2.16. The zero-order valence-electron chi connectivity index (χ0n) is 11.9. The second-order valence-electron chi connectivity index (χ2n) is 5.04. The van der Waals surface area contributed by atoms with Gasteiger partial charge in [0.1, 0.15) is 0 Å². The Morgan fingerprint density at radius 2 is 2.25 bits per heavy atom. The topological polar surface area (TPSA) is 44.4 Å². The maximum Gasteiger partial charge on any atom is 0.221 e. The average molecular weight is 340 g/mol. The molecule has 1 aromatic rings. The summed E-state index contributed by atoms with van der Waals surface area (Å²) in [5.74, 6) is 0.146. The first-order chi connectivity index (χ1) is 9.70. The Morgan fingerprint density at radius 3 is 3.05 bits per heavy atom. The van der Waals surface area contributed by atoms with Crippen molar-refractivity contribution in [1.82, 2.24) is 10.6 Å². The van der Waals surface area contributed by atoms with Gasteiger partial charge in [0.25, 0.3) is 0 Å². The fraction of sp³-hybridized carbons (Fsp3) is 0.533. The van der Waals surface area contributed by atoms with Gasteiger partial charge in [0.05, 0.1) is 0 Å². The predicted molar refractivity (Wildman–Crippen MR) is 86.0 cm³/mol. The number of hydrogen-bond donors (Lipinski definition) is 2. The molecule has 0 aromatic heterocycles. The number of carbonyl (C=O) groups excluding carboxylic acids is 1. The highest BCUT2D eigenvalue weighted by atomic mass is 79.9. The summed E-state index contributed by atoms with van der Waals surface area (Å²) in [7, 11) is 0. The van der Waals surface area contributed by atoms with Crippen molar-refractivity contribution < 1.29 is 4.79 Å². The first-order valence-corrected chi connectivity index (χ1v) is 8.01. The highest BCUT2D eigenvalue weighted by Crippen LogP contribution is 2.26. The summed E-state index contributed by atoms with van der Waals surface area (Å²) in [4.78, 5) is 13.8. The third kappa shape index (κ3) is 4.21. The van der Waals surface area contributed by atoms with E-state index in [1.54, 1.807) is 0 Å². The van der Waals surface area contributed by atoms with Gasteiger partial charge in [-0.25, -0.2) is 0 Å². The van der Waals surface area contributed by atoms with E-state index in [1.165, 1.54) is 11.3 Å². The van der Waals surface area contributed by atoms with Crippen molar-refractivity contribution in [3.05, 3.63) is 28.2 Å². The molecule has 1 aliphatic rings. The molecule has 1 heterocycles. The van der Waals surface area contributed by atoms with Crippen LogP contribution in [0.4, 0.5) is 5.69 Å². The van der Waals surface area contributed by atoms with Gasteiger partial charge in [-0.3, -0.25) is 4.79 Å². The largest absolute Gasteiger partial charge is 0.369 e. The van der Waals surface area contributed by atoms with Crippen molar-refractivity contribution in [1.29, 1.82) is 0 Å². The summed E-state index contributed by atoms with van der Waals surface area (Å²) < 4.78 is 1.08. The third-order valence-corrected chi connectivity index (χ3v) is 3.94. The van der Waals surface area contributed by atoms with Gasteiger partial charge in [-0.2, -0.15) is 0 Å². The van der Waals surface area contributed by atoms with Crippen LogP contribution in [0.3, 0.4) is 0 Å². The van der Waals surface area contributed by atoms with Gasteiger partial charge >= 0.3 is 0 Å². The van der Waals surface area contributed by atoms with Crippen LogP contribution in [-0.4, -0.2) is 32.1 Å². The molecule has 0 aliphatic carbocycles. The number of nitrogens with one attached hydrogen (secondary N) is 2. The van der Waals surface area contributed by atoms with Crippen LogP contribution in [0, 0.1) is 0 Å². The Hall–Kier alpha value is -1.07. The molecule has 5 heteroatoms. The fourth-order valence-corrected chi connectivity index (χ4v) is 2.74. The van der Waals surface area contributed by atoms with Crippen LogP contribution in [0.15, 0.2) is 22.7 Å². The first-order valence-electron chi connectivity index (χ1n) is 7.21. The Labute approximate surface area is 129 Å². The summed E-state index contributed by atoms with van der Waals surface area (Å²) in [6, 6.07) is 6.38. The molecule has 4 nitrogen and oxygen atoms in total. The molecule has 1 amide bonds. The summed E-state index contributed by atoms with van der Waals surface area (Å²) in [6.07, 6.45) is 1.70. The second kappa shape index (κ2) is 7.64. The lowest BCUT2D eigenvalue weighted by Gasteiger charge is -2.25. The number of anilines is 1. The van der Waals surface area contributed by atoms with Crippen LogP contribution in [0.2, 0.25) is 0 Å². The number of rotatable bonds is 5. The van der Waals surface area contributed by atoms with Crippen molar-refractivity contribution in [3.63, 3.8) is 0 Å². The minimum absolute atomic E-state index is 0.146. The lowest BCUT2D eigenvalue weighted by Crippen LogP contribution is -2.29. The van der Waals surface area contributed by atoms with E-state index in [-0.39, 0.29) is 5.91 Å². The molecule has 1 aliphatic heterocycles. The first kappa shape index (κ1) is 15.3. The van der Waals surface area contributed by atoms with Crippen LogP contribution in [0.5, 0.6) is 0 Å². The molecule has 0 radical (unpaired) electrons. The maximum atomic E-state index is 11.5. The number of halogens is 1. The Balaban J connectivity index is 2.14. The van der Waals surface area contributed by atoms with Gasteiger partial charge in [-0.15, -0.1) is 0 Å². The van der Waals surface area contributed by atoms with Crippen LogP contribution in [-0.2, 0) is 11.3 Å². The number of hydrogen-bond acceptors (Lipinski definition) is 3. The van der Waals surface area contributed by atoms with Crippen LogP contribution < -0.4 is 15.5 Å². The second-order valence-corrected chi connectivity index (χ2v) is 5.95. The molecule has 2 rings (SSSR count). The molecule has 2 N–H and O–H groups in total. The monoisotopic (exact) mass is 339 g/mol. The normalized spacial score (nSPS) is 15.9. The van der Waals surface area contributed by atoms with Crippen LogP contribution >= 0.6 is 15.9 Å². The molecule has 0 unspecified atom stereocenters. The molecule has 110 valence electrons. The molecule has 0 saturated carbocycles. The minimum Gasteiger partial charge on any atom is -0.369 e. The number of carbonyl (C=O) groups is 1. The summed E-state index contributed by atoms with van der Waals surface area (Å²) in [5.41, 5.74) is 2.51. The SMILES string of the molecule is CCCNCc1ccc(Br)cc1N1CCNC(=O)CC1. The minimum atomic E-state index is 0.146. The Bertz CT molecular complexity index is 464. The summed E-state index contributed by atoms with van der Waals surface area (Å²) in [6.45, 7) is 6.42. The molecule has 0 bridgehead atoms. The molecule has 0 atom stereocenters. The van der Waals surface area contributed by atoms with Crippen LogP contribution in [0.25, 0.3) is 0 Å². The van der Waals surface area contributed by atoms with Gasteiger partial charge in [0.2, 0.25) is 5.91 Å². The van der Waals surface area contributed by atoms with Crippen molar-refractivity contribution in [2.75, 3.05) is 31.1 Å². The molecule has 0 spiro atoms. The molecular weight excluding hydrogens is 318 g/mol. The van der Waals surface area contributed by atoms with Gasteiger partial charge in [-0.1, -0.05) is 28.9 Å². The standard InChI is InChI=1S/C15H22BrN3O/c1-2-6-17-11-12-3-4-13(16)10-14(12)19-8-5-15(20)18-7-9-19/h3-4,10,17H,2,5-9,11H2,1H3,(H,18,20). The highest BCUT2D eigenvalue weighted by molar-refractivity contribution is 9.10. The van der Waals surface area contributed by atoms with E-state index in [4.69, 9.17) is 0 Å². The zero-order chi connectivity index (χ0) is 14.4. The Kier molecular flexibility index (Phi) is 5.86. The van der Waals surface area contributed by atoms with Gasteiger partial charge in [0.15, 0.2) is 0 Å². The maximum absolute atomic E-state index is 11.5. The number of nitrogens with zero attached hydrogens (tertiary/aromatic N) is 1. The van der Waals surface area contributed by atoms with E-state index in [1.807, 2.05) is 0 Å². The Morgan fingerprint density at radius 1 is 1.40 bits per heavy atom.